The van der Waals surface area contributed by atoms with Gasteiger partial charge in [-0.05, 0) is 59.9 Å². The molecule has 0 saturated heterocycles. The Kier molecular flexibility index (Phi) is 5.86. The Morgan fingerprint density at radius 3 is 2.72 bits per heavy atom. The lowest BCUT2D eigenvalue weighted by Gasteiger charge is -2.30. The molecule has 1 aliphatic heterocycles. The maximum atomic E-state index is 13.8. The maximum Gasteiger partial charge on any atom is 0.271 e. The number of methoxy groups -OCH3 is 1. The van der Waals surface area contributed by atoms with Gasteiger partial charge in [0.25, 0.3) is 5.56 Å². The van der Waals surface area contributed by atoms with Gasteiger partial charge in [0.15, 0.2) is 16.3 Å². The molecule has 5 nitrogen and oxygen atoms in total. The van der Waals surface area contributed by atoms with Crippen molar-refractivity contribution in [3.05, 3.63) is 118 Å². The Morgan fingerprint density at radius 2 is 1.94 bits per heavy atom. The van der Waals surface area contributed by atoms with Crippen LogP contribution in [0.4, 0.5) is 0 Å². The summed E-state index contributed by atoms with van der Waals surface area (Å²) in [6.07, 6.45) is 3.41. The van der Waals surface area contributed by atoms with Crippen molar-refractivity contribution in [2.75, 3.05) is 7.11 Å². The van der Waals surface area contributed by atoms with Gasteiger partial charge in [-0.2, -0.15) is 0 Å². The number of fused-ring (bicyclic) bond motifs is 3. The zero-order valence-electron chi connectivity index (χ0n) is 19.2. The molecule has 0 bridgehead atoms. The van der Waals surface area contributed by atoms with Gasteiger partial charge in [0.1, 0.15) is 0 Å². The number of nitrogens with zero attached hydrogens (tertiary/aromatic N) is 2. The SMILES string of the molecule is COc1cc(Br)cc(/C=c2\sc3n(c2=O)[C@@H](c2ccc(Cl)cc2)C2=C(N=3)c3ccccc3CC2)c1O. The lowest BCUT2D eigenvalue weighted by molar-refractivity contribution is 0.372. The van der Waals surface area contributed by atoms with E-state index in [0.29, 0.717) is 25.7 Å². The minimum absolute atomic E-state index is 0.0194. The number of allylic oxidation sites excluding steroid dienone is 1. The van der Waals surface area contributed by atoms with Gasteiger partial charge in [-0.25, -0.2) is 4.99 Å². The first-order valence-electron chi connectivity index (χ1n) is 11.4. The molecule has 0 spiro atoms. The van der Waals surface area contributed by atoms with Crippen molar-refractivity contribution in [1.29, 1.82) is 0 Å². The molecule has 1 aliphatic carbocycles. The van der Waals surface area contributed by atoms with Crippen molar-refractivity contribution in [3.63, 3.8) is 0 Å². The highest BCUT2D eigenvalue weighted by Crippen LogP contribution is 2.41. The van der Waals surface area contributed by atoms with Gasteiger partial charge >= 0.3 is 0 Å². The van der Waals surface area contributed by atoms with Gasteiger partial charge in [0.2, 0.25) is 0 Å². The fraction of sp³-hybridized carbons (Fsp3) is 0.143. The zero-order valence-corrected chi connectivity index (χ0v) is 22.3. The molecular weight excluding hydrogens is 560 g/mol. The second-order valence-corrected chi connectivity index (χ2v) is 11.1. The first kappa shape index (κ1) is 23.3. The van der Waals surface area contributed by atoms with Gasteiger partial charge in [-0.1, -0.05) is 75.3 Å². The molecule has 1 atom stereocenters. The maximum absolute atomic E-state index is 13.8. The predicted molar refractivity (Wildman–Crippen MR) is 147 cm³/mol. The lowest BCUT2D eigenvalue weighted by atomic mass is 9.83. The molecule has 0 radical (unpaired) electrons. The van der Waals surface area contributed by atoms with E-state index in [1.54, 1.807) is 22.8 Å². The molecule has 4 aromatic rings. The van der Waals surface area contributed by atoms with Gasteiger partial charge < -0.3 is 9.84 Å². The van der Waals surface area contributed by atoms with Crippen LogP contribution in [0, 0.1) is 0 Å². The van der Waals surface area contributed by atoms with Gasteiger partial charge in [-0.3, -0.25) is 9.36 Å². The summed E-state index contributed by atoms with van der Waals surface area (Å²) >= 11 is 11.0. The van der Waals surface area contributed by atoms with Crippen molar-refractivity contribution in [1.82, 2.24) is 4.57 Å². The Balaban J connectivity index is 1.62. The van der Waals surface area contributed by atoms with Crippen LogP contribution in [0.2, 0.25) is 5.02 Å². The number of benzene rings is 3. The normalized spacial score (nSPS) is 16.8. The first-order valence-corrected chi connectivity index (χ1v) is 13.4. The Bertz CT molecular complexity index is 1740. The highest BCUT2D eigenvalue weighted by Gasteiger charge is 2.32. The zero-order chi connectivity index (χ0) is 25.0. The third-order valence-electron chi connectivity index (χ3n) is 6.63. The molecule has 1 N–H and O–H groups in total. The molecule has 0 fully saturated rings. The van der Waals surface area contributed by atoms with Crippen molar-refractivity contribution >= 4 is 50.6 Å². The quantitative estimate of drug-likeness (QED) is 0.351. The van der Waals surface area contributed by atoms with E-state index in [9.17, 15) is 9.90 Å². The number of ether oxygens (including phenoxy) is 1. The van der Waals surface area contributed by atoms with E-state index in [2.05, 4.69) is 34.1 Å². The van der Waals surface area contributed by atoms with Gasteiger partial charge in [-0.15, -0.1) is 0 Å². The molecule has 3 aromatic carbocycles. The van der Waals surface area contributed by atoms with Crippen molar-refractivity contribution in [3.8, 4) is 11.5 Å². The summed E-state index contributed by atoms with van der Waals surface area (Å²) < 4.78 is 8.28. The van der Waals surface area contributed by atoms with Crippen LogP contribution in [0.5, 0.6) is 11.5 Å². The third-order valence-corrected chi connectivity index (χ3v) is 8.33. The number of aromatic nitrogens is 1. The van der Waals surface area contributed by atoms with Crippen LogP contribution in [0.25, 0.3) is 11.8 Å². The molecule has 6 rings (SSSR count). The second kappa shape index (κ2) is 9.07. The van der Waals surface area contributed by atoms with Crippen LogP contribution in [-0.2, 0) is 6.42 Å². The molecule has 0 amide bonds. The molecule has 0 saturated carbocycles. The average molecular weight is 580 g/mol. The Labute approximate surface area is 224 Å². The summed E-state index contributed by atoms with van der Waals surface area (Å²) in [4.78, 5) is 19.5. The van der Waals surface area contributed by atoms with E-state index in [1.165, 1.54) is 24.0 Å². The number of phenols is 1. The number of rotatable bonds is 3. The molecule has 0 unspecified atom stereocenters. The molecule has 36 heavy (non-hydrogen) atoms. The highest BCUT2D eigenvalue weighted by atomic mass is 79.9. The Morgan fingerprint density at radius 1 is 1.17 bits per heavy atom. The fourth-order valence-corrected chi connectivity index (χ4v) is 6.54. The monoisotopic (exact) mass is 578 g/mol. The lowest BCUT2D eigenvalue weighted by Crippen LogP contribution is -2.38. The number of halogens is 2. The van der Waals surface area contributed by atoms with Crippen molar-refractivity contribution < 1.29 is 9.84 Å². The number of aryl methyl sites for hydroxylation is 1. The summed E-state index contributed by atoms with van der Waals surface area (Å²) in [6, 6.07) is 19.2. The third kappa shape index (κ3) is 3.82. The smallest absolute Gasteiger partial charge is 0.271 e. The minimum Gasteiger partial charge on any atom is -0.504 e. The molecular formula is C28H20BrClN2O3S. The minimum atomic E-state index is -0.283. The Hall–Kier alpha value is -3.13. The van der Waals surface area contributed by atoms with Crippen molar-refractivity contribution in [2.24, 2.45) is 4.99 Å². The summed E-state index contributed by atoms with van der Waals surface area (Å²) in [7, 11) is 1.49. The average Bonchev–Trinajstić information content (AvgIpc) is 3.19. The number of aromatic hydroxyl groups is 1. The first-order chi connectivity index (χ1) is 17.4. The predicted octanol–water partition coefficient (Wildman–Crippen LogP) is 5.45. The molecule has 2 aliphatic rings. The summed E-state index contributed by atoms with van der Waals surface area (Å²) in [5, 5.41) is 11.3. The van der Waals surface area contributed by atoms with Crippen LogP contribution in [-0.4, -0.2) is 16.8 Å². The van der Waals surface area contributed by atoms with Crippen molar-refractivity contribution in [2.45, 2.75) is 18.9 Å². The van der Waals surface area contributed by atoms with E-state index >= 15 is 0 Å². The van der Waals surface area contributed by atoms with Crippen LogP contribution < -0.4 is 19.6 Å². The van der Waals surface area contributed by atoms with E-state index in [4.69, 9.17) is 21.3 Å². The van der Waals surface area contributed by atoms with Gasteiger partial charge in [0, 0.05) is 20.6 Å². The fourth-order valence-electron chi connectivity index (χ4n) is 4.97. The number of phenolic OH excluding ortho intramolecular Hbond substituents is 1. The second-order valence-electron chi connectivity index (χ2n) is 8.71. The molecule has 180 valence electrons. The van der Waals surface area contributed by atoms with Crippen LogP contribution in [0.1, 0.15) is 34.7 Å². The number of hydrogen-bond acceptors (Lipinski definition) is 5. The number of thiazole rings is 1. The van der Waals surface area contributed by atoms with E-state index in [0.717, 1.165) is 39.7 Å². The standard InChI is InChI=1S/C28H20BrClN2O3S/c1-35-22-14-18(29)12-17(26(22)33)13-23-27(34)32-25(16-6-9-19(30)10-7-16)21-11-8-15-4-2-3-5-20(15)24(21)31-28(32)36-23/h2-7,9-10,12-14,25,33H,8,11H2,1H3/b23-13-/t25-/m0/s1. The van der Waals surface area contributed by atoms with Crippen LogP contribution in [0.15, 0.2) is 80.5 Å². The summed E-state index contributed by atoms with van der Waals surface area (Å²) in [5.41, 5.74) is 5.77. The summed E-state index contributed by atoms with van der Waals surface area (Å²) in [6.45, 7) is 0. The topological polar surface area (TPSA) is 63.8 Å². The van der Waals surface area contributed by atoms with Gasteiger partial charge in [0.05, 0.1) is 23.4 Å². The van der Waals surface area contributed by atoms with E-state index in [-0.39, 0.29) is 17.4 Å². The summed E-state index contributed by atoms with van der Waals surface area (Å²) in [5.74, 6) is 0.309. The van der Waals surface area contributed by atoms with E-state index in [1.807, 2.05) is 30.3 Å². The molecule has 2 heterocycles. The van der Waals surface area contributed by atoms with Crippen LogP contribution >= 0.6 is 38.9 Å². The molecule has 8 heteroatoms. The number of hydrogen-bond donors (Lipinski definition) is 1. The molecule has 1 aromatic heterocycles. The van der Waals surface area contributed by atoms with E-state index < -0.39 is 0 Å². The highest BCUT2D eigenvalue weighted by molar-refractivity contribution is 9.10. The largest absolute Gasteiger partial charge is 0.504 e. The van der Waals surface area contributed by atoms with Crippen LogP contribution in [0.3, 0.4) is 0 Å².